The van der Waals surface area contributed by atoms with Gasteiger partial charge in [0.25, 0.3) is 0 Å². The van der Waals surface area contributed by atoms with Crippen LogP contribution in [0.15, 0.2) is 41.6 Å². The number of benzene rings is 1. The lowest BCUT2D eigenvalue weighted by Gasteiger charge is -2.36. The number of hydrogen-bond donors (Lipinski definition) is 0. The summed E-state index contributed by atoms with van der Waals surface area (Å²) in [4.78, 5) is 10.4. The number of aromatic nitrogens is 2. The second-order valence-electron chi connectivity index (χ2n) is 5.90. The van der Waals surface area contributed by atoms with Crippen LogP contribution in [-0.2, 0) is 10.0 Å². The Balaban J connectivity index is 1.67. The molecule has 0 aliphatic carbocycles. The molecular weight excluding hydrogens is 367 g/mol. The first-order valence-electron chi connectivity index (χ1n) is 7.84. The Morgan fingerprint density at radius 1 is 1.16 bits per heavy atom. The van der Waals surface area contributed by atoms with E-state index in [9.17, 15) is 12.8 Å². The van der Waals surface area contributed by atoms with Gasteiger partial charge in [0.05, 0.1) is 22.3 Å². The highest BCUT2D eigenvalue weighted by Gasteiger charge is 2.31. The van der Waals surface area contributed by atoms with Crippen LogP contribution >= 0.6 is 11.6 Å². The van der Waals surface area contributed by atoms with E-state index >= 15 is 0 Å². The minimum Gasteiger partial charge on any atom is -0.341 e. The van der Waals surface area contributed by atoms with E-state index in [1.807, 2.05) is 11.9 Å². The van der Waals surface area contributed by atoms with Crippen LogP contribution in [0.5, 0.6) is 0 Å². The largest absolute Gasteiger partial charge is 0.341 e. The molecule has 0 atom stereocenters. The SMILES string of the molecule is CN(c1ncc(Cl)cn1)C1CCN(S(=O)(=O)c2ccc(F)cc2)CC1. The maximum absolute atomic E-state index is 13.0. The van der Waals surface area contributed by atoms with E-state index in [2.05, 4.69) is 9.97 Å². The number of hydrogen-bond acceptors (Lipinski definition) is 5. The third-order valence-corrected chi connectivity index (χ3v) is 6.45. The van der Waals surface area contributed by atoms with Crippen molar-refractivity contribution in [1.29, 1.82) is 0 Å². The normalized spacial score (nSPS) is 16.8. The average Bonchev–Trinajstić information content (AvgIpc) is 2.62. The van der Waals surface area contributed by atoms with Gasteiger partial charge in [0.1, 0.15) is 5.82 Å². The van der Waals surface area contributed by atoms with Gasteiger partial charge < -0.3 is 4.90 Å². The molecule has 1 aliphatic heterocycles. The molecule has 25 heavy (non-hydrogen) atoms. The van der Waals surface area contributed by atoms with E-state index < -0.39 is 15.8 Å². The van der Waals surface area contributed by atoms with Gasteiger partial charge in [-0.2, -0.15) is 4.31 Å². The lowest BCUT2D eigenvalue weighted by Crippen LogP contribution is -2.46. The molecule has 3 rings (SSSR count). The van der Waals surface area contributed by atoms with Crippen molar-refractivity contribution in [2.75, 3.05) is 25.0 Å². The molecule has 2 heterocycles. The number of piperidine rings is 1. The molecule has 0 amide bonds. The van der Waals surface area contributed by atoms with Crippen LogP contribution in [0.3, 0.4) is 0 Å². The highest BCUT2D eigenvalue weighted by molar-refractivity contribution is 7.89. The Morgan fingerprint density at radius 3 is 2.28 bits per heavy atom. The zero-order valence-electron chi connectivity index (χ0n) is 13.6. The number of halogens is 2. The summed E-state index contributed by atoms with van der Waals surface area (Å²) in [5.74, 6) is 0.103. The predicted molar refractivity (Wildman–Crippen MR) is 93.6 cm³/mol. The first-order valence-corrected chi connectivity index (χ1v) is 9.66. The zero-order chi connectivity index (χ0) is 18.0. The summed E-state index contributed by atoms with van der Waals surface area (Å²) in [5, 5.41) is 0.470. The van der Waals surface area contributed by atoms with E-state index in [1.165, 1.54) is 28.8 Å². The second-order valence-corrected chi connectivity index (χ2v) is 8.28. The molecule has 9 heteroatoms. The monoisotopic (exact) mass is 384 g/mol. The Morgan fingerprint density at radius 2 is 1.72 bits per heavy atom. The Kier molecular flexibility index (Phi) is 5.21. The molecular formula is C16H18ClFN4O2S. The van der Waals surface area contributed by atoms with Crippen LogP contribution in [-0.4, -0.2) is 48.9 Å². The van der Waals surface area contributed by atoms with Gasteiger partial charge in [-0.3, -0.25) is 0 Å². The minimum atomic E-state index is -3.60. The molecule has 1 aliphatic rings. The van der Waals surface area contributed by atoms with Crippen LogP contribution in [0.2, 0.25) is 5.02 Å². The minimum absolute atomic E-state index is 0.113. The molecule has 2 aromatic rings. The van der Waals surface area contributed by atoms with Crippen molar-refractivity contribution >= 4 is 27.6 Å². The summed E-state index contributed by atoms with van der Waals surface area (Å²) in [5.41, 5.74) is 0. The zero-order valence-corrected chi connectivity index (χ0v) is 15.2. The highest BCUT2D eigenvalue weighted by atomic mass is 35.5. The Labute approximate surface area is 151 Å². The van der Waals surface area contributed by atoms with Gasteiger partial charge in [-0.05, 0) is 37.1 Å². The summed E-state index contributed by atoms with van der Waals surface area (Å²) in [6.07, 6.45) is 4.38. The molecule has 0 N–H and O–H groups in total. The average molecular weight is 385 g/mol. The standard InChI is InChI=1S/C16H18ClFN4O2S/c1-21(16-19-10-12(17)11-20-16)14-6-8-22(9-7-14)25(23,24)15-4-2-13(18)3-5-15/h2-5,10-11,14H,6-9H2,1H3. The summed E-state index contributed by atoms with van der Waals surface area (Å²) < 4.78 is 39.7. The quantitative estimate of drug-likeness (QED) is 0.810. The fourth-order valence-corrected chi connectivity index (χ4v) is 4.44. The van der Waals surface area contributed by atoms with E-state index in [0.29, 0.717) is 36.9 Å². The van der Waals surface area contributed by atoms with Gasteiger partial charge in [-0.15, -0.1) is 0 Å². The van der Waals surface area contributed by atoms with Gasteiger partial charge in [0.15, 0.2) is 0 Å². The molecule has 0 spiro atoms. The summed E-state index contributed by atoms with van der Waals surface area (Å²) in [7, 11) is -1.71. The molecule has 0 radical (unpaired) electrons. The van der Waals surface area contributed by atoms with E-state index in [-0.39, 0.29) is 10.9 Å². The summed E-state index contributed by atoms with van der Waals surface area (Å²) >= 11 is 5.80. The molecule has 0 bridgehead atoms. The van der Waals surface area contributed by atoms with Crippen molar-refractivity contribution in [1.82, 2.24) is 14.3 Å². The van der Waals surface area contributed by atoms with Gasteiger partial charge in [0.2, 0.25) is 16.0 Å². The molecule has 1 aromatic heterocycles. The van der Waals surface area contributed by atoms with Gasteiger partial charge in [0, 0.05) is 26.2 Å². The van der Waals surface area contributed by atoms with E-state index in [0.717, 1.165) is 12.1 Å². The van der Waals surface area contributed by atoms with Crippen molar-refractivity contribution in [3.63, 3.8) is 0 Å². The molecule has 134 valence electrons. The summed E-state index contributed by atoms with van der Waals surface area (Å²) in [6, 6.07) is 5.05. The lowest BCUT2D eigenvalue weighted by molar-refractivity contribution is 0.313. The van der Waals surface area contributed by atoms with Crippen molar-refractivity contribution in [3.8, 4) is 0 Å². The number of anilines is 1. The molecule has 0 unspecified atom stereocenters. The maximum Gasteiger partial charge on any atom is 0.243 e. The van der Waals surface area contributed by atoms with Crippen LogP contribution < -0.4 is 4.90 Å². The maximum atomic E-state index is 13.0. The van der Waals surface area contributed by atoms with Crippen molar-refractivity contribution in [2.45, 2.75) is 23.8 Å². The Bertz CT molecular complexity index is 822. The number of nitrogens with zero attached hydrogens (tertiary/aromatic N) is 4. The third kappa shape index (κ3) is 3.91. The predicted octanol–water partition coefficient (Wildman–Crippen LogP) is 2.56. The molecule has 6 nitrogen and oxygen atoms in total. The van der Waals surface area contributed by atoms with Crippen molar-refractivity contribution < 1.29 is 12.8 Å². The Hall–Kier alpha value is -1.77. The first kappa shape index (κ1) is 18.0. The third-order valence-electron chi connectivity index (χ3n) is 4.34. The fourth-order valence-electron chi connectivity index (χ4n) is 2.88. The van der Waals surface area contributed by atoms with Crippen LogP contribution in [0, 0.1) is 5.82 Å². The van der Waals surface area contributed by atoms with Crippen molar-refractivity contribution in [2.24, 2.45) is 0 Å². The number of rotatable bonds is 4. The van der Waals surface area contributed by atoms with Crippen LogP contribution in [0.1, 0.15) is 12.8 Å². The summed E-state index contributed by atoms with van der Waals surface area (Å²) in [6.45, 7) is 0.782. The van der Waals surface area contributed by atoms with Gasteiger partial charge in [-0.1, -0.05) is 11.6 Å². The second kappa shape index (κ2) is 7.23. The fraction of sp³-hybridized carbons (Fsp3) is 0.375. The lowest BCUT2D eigenvalue weighted by atomic mass is 10.1. The smallest absolute Gasteiger partial charge is 0.243 e. The van der Waals surface area contributed by atoms with Gasteiger partial charge in [-0.25, -0.2) is 22.8 Å². The topological polar surface area (TPSA) is 66.4 Å². The van der Waals surface area contributed by atoms with Gasteiger partial charge >= 0.3 is 0 Å². The molecule has 1 aromatic carbocycles. The van der Waals surface area contributed by atoms with E-state index in [1.54, 1.807) is 0 Å². The van der Waals surface area contributed by atoms with Crippen molar-refractivity contribution in [3.05, 3.63) is 47.5 Å². The molecule has 1 fully saturated rings. The highest BCUT2D eigenvalue weighted by Crippen LogP contribution is 2.24. The number of sulfonamides is 1. The van der Waals surface area contributed by atoms with Crippen LogP contribution in [0.25, 0.3) is 0 Å². The van der Waals surface area contributed by atoms with E-state index in [4.69, 9.17) is 11.6 Å². The molecule has 1 saturated heterocycles. The van der Waals surface area contributed by atoms with Crippen LogP contribution in [0.4, 0.5) is 10.3 Å². The molecule has 0 saturated carbocycles. The first-order chi connectivity index (χ1) is 11.9.